The molecule has 0 spiro atoms. The zero-order valence-electron chi connectivity index (χ0n) is 8.71. The van der Waals surface area contributed by atoms with Crippen molar-refractivity contribution >= 4 is 0 Å². The largest absolute Gasteiger partial charge is 0.309 e. The second-order valence-electron chi connectivity index (χ2n) is 4.24. The molecule has 1 fully saturated rings. The number of piperidine rings is 1. The van der Waals surface area contributed by atoms with E-state index in [2.05, 4.69) is 5.32 Å². The average molecular weight is 211 g/mol. The highest BCUT2D eigenvalue weighted by Gasteiger charge is 2.42. The summed E-state index contributed by atoms with van der Waals surface area (Å²) in [7, 11) is 0. The predicted octanol–water partition coefficient (Wildman–Crippen LogP) is 2.99. The smallest absolute Gasteiger partial charge is 0.253 e. The van der Waals surface area contributed by atoms with Crippen LogP contribution in [-0.4, -0.2) is 12.5 Å². The highest BCUT2D eigenvalue weighted by atomic mass is 19.3. The predicted molar refractivity (Wildman–Crippen MR) is 55.9 cm³/mol. The third kappa shape index (κ3) is 2.17. The van der Waals surface area contributed by atoms with Crippen LogP contribution in [0.5, 0.6) is 0 Å². The summed E-state index contributed by atoms with van der Waals surface area (Å²) in [5, 5.41) is 3.16. The van der Waals surface area contributed by atoms with Gasteiger partial charge in [0.2, 0.25) is 0 Å². The van der Waals surface area contributed by atoms with E-state index in [0.29, 0.717) is 6.54 Å². The lowest BCUT2D eigenvalue weighted by Crippen LogP contribution is -2.44. The van der Waals surface area contributed by atoms with Crippen LogP contribution in [0.1, 0.15) is 24.9 Å². The second-order valence-corrected chi connectivity index (χ2v) is 4.24. The molecular formula is C12H15F2N. The second kappa shape index (κ2) is 3.89. The summed E-state index contributed by atoms with van der Waals surface area (Å²) in [5.41, 5.74) is 0.948. The molecule has 1 aliphatic heterocycles. The molecule has 2 rings (SSSR count). The van der Waals surface area contributed by atoms with Crippen molar-refractivity contribution in [2.45, 2.75) is 25.3 Å². The van der Waals surface area contributed by atoms with Gasteiger partial charge in [-0.25, -0.2) is 8.78 Å². The molecule has 1 aliphatic rings. The molecule has 0 amide bonds. The average Bonchev–Trinajstić information content (AvgIpc) is 2.23. The van der Waals surface area contributed by atoms with Crippen LogP contribution in [0.15, 0.2) is 30.3 Å². The highest BCUT2D eigenvalue weighted by Crippen LogP contribution is 2.37. The van der Waals surface area contributed by atoms with Crippen LogP contribution >= 0.6 is 0 Å². The van der Waals surface area contributed by atoms with Crippen LogP contribution in [0.25, 0.3) is 0 Å². The minimum atomic E-state index is -2.55. The van der Waals surface area contributed by atoms with Crippen molar-refractivity contribution in [1.82, 2.24) is 5.32 Å². The monoisotopic (exact) mass is 211 g/mol. The van der Waals surface area contributed by atoms with E-state index in [4.69, 9.17) is 0 Å². The molecule has 1 nitrogen and oxygen atoms in total. The third-order valence-corrected chi connectivity index (χ3v) is 3.07. The van der Waals surface area contributed by atoms with Gasteiger partial charge in [-0.15, -0.1) is 0 Å². The van der Waals surface area contributed by atoms with Gasteiger partial charge in [-0.2, -0.15) is 0 Å². The van der Waals surface area contributed by atoms with Crippen LogP contribution < -0.4 is 5.32 Å². The Hall–Kier alpha value is -0.960. The SMILES string of the molecule is C[C@@H]1CN[C@@H](c2ccccc2)CC1(F)F. The van der Waals surface area contributed by atoms with Gasteiger partial charge in [0.15, 0.2) is 0 Å². The van der Waals surface area contributed by atoms with E-state index < -0.39 is 11.8 Å². The highest BCUT2D eigenvalue weighted by molar-refractivity contribution is 5.20. The Balaban J connectivity index is 2.14. The van der Waals surface area contributed by atoms with E-state index in [1.807, 2.05) is 30.3 Å². The molecule has 1 N–H and O–H groups in total. The quantitative estimate of drug-likeness (QED) is 0.753. The number of hydrogen-bond donors (Lipinski definition) is 1. The molecule has 0 aliphatic carbocycles. The van der Waals surface area contributed by atoms with Crippen molar-refractivity contribution in [3.8, 4) is 0 Å². The van der Waals surface area contributed by atoms with Crippen molar-refractivity contribution in [1.29, 1.82) is 0 Å². The summed E-state index contributed by atoms with van der Waals surface area (Å²) in [6.45, 7) is 1.97. The van der Waals surface area contributed by atoms with Crippen molar-refractivity contribution in [3.63, 3.8) is 0 Å². The van der Waals surface area contributed by atoms with E-state index in [-0.39, 0.29) is 12.5 Å². The van der Waals surface area contributed by atoms with Gasteiger partial charge in [-0.05, 0) is 5.56 Å². The first-order valence-corrected chi connectivity index (χ1v) is 5.26. The lowest BCUT2D eigenvalue weighted by atomic mass is 9.88. The fraction of sp³-hybridized carbons (Fsp3) is 0.500. The number of benzene rings is 1. The topological polar surface area (TPSA) is 12.0 Å². The Labute approximate surface area is 88.5 Å². The van der Waals surface area contributed by atoms with Crippen molar-refractivity contribution < 1.29 is 8.78 Å². The number of rotatable bonds is 1. The number of nitrogens with one attached hydrogen (secondary N) is 1. The first-order chi connectivity index (χ1) is 7.09. The summed E-state index contributed by atoms with van der Waals surface area (Å²) in [4.78, 5) is 0. The molecule has 0 saturated carbocycles. The van der Waals surface area contributed by atoms with Gasteiger partial charge >= 0.3 is 0 Å². The molecule has 1 saturated heterocycles. The Kier molecular flexibility index (Phi) is 2.74. The van der Waals surface area contributed by atoms with E-state index in [0.717, 1.165) is 5.56 Å². The number of hydrogen-bond acceptors (Lipinski definition) is 1. The summed E-state index contributed by atoms with van der Waals surface area (Å²) < 4.78 is 27.0. The molecular weight excluding hydrogens is 196 g/mol. The molecule has 82 valence electrons. The molecule has 1 aromatic carbocycles. The molecule has 0 aromatic heterocycles. The Bertz CT molecular complexity index is 324. The molecule has 0 unspecified atom stereocenters. The lowest BCUT2D eigenvalue weighted by Gasteiger charge is -2.35. The first-order valence-electron chi connectivity index (χ1n) is 5.26. The Morgan fingerprint density at radius 3 is 2.53 bits per heavy atom. The van der Waals surface area contributed by atoms with Crippen LogP contribution in [-0.2, 0) is 0 Å². The van der Waals surface area contributed by atoms with Gasteiger partial charge in [0.1, 0.15) is 0 Å². The standard InChI is InChI=1S/C12H15F2N/c1-9-8-15-11(7-12(9,13)14)10-5-3-2-4-6-10/h2-6,9,11,15H,7-8H2,1H3/t9-,11-/m1/s1. The van der Waals surface area contributed by atoms with Crippen LogP contribution in [0.3, 0.4) is 0 Å². The van der Waals surface area contributed by atoms with Crippen molar-refractivity contribution in [2.75, 3.05) is 6.54 Å². The van der Waals surface area contributed by atoms with Gasteiger partial charge in [0, 0.05) is 24.9 Å². The molecule has 0 radical (unpaired) electrons. The maximum Gasteiger partial charge on any atom is 0.253 e. The Morgan fingerprint density at radius 1 is 1.27 bits per heavy atom. The first kappa shape index (κ1) is 10.6. The molecule has 3 heteroatoms. The normalized spacial score (nSPS) is 30.1. The minimum Gasteiger partial charge on any atom is -0.309 e. The van der Waals surface area contributed by atoms with Crippen molar-refractivity contribution in [2.24, 2.45) is 5.92 Å². The number of halogens is 2. The maximum atomic E-state index is 13.5. The van der Waals surface area contributed by atoms with Gasteiger partial charge in [0.25, 0.3) is 5.92 Å². The summed E-state index contributed by atoms with van der Waals surface area (Å²) in [6.07, 6.45) is -0.0990. The zero-order chi connectivity index (χ0) is 10.9. The third-order valence-electron chi connectivity index (χ3n) is 3.07. The van der Waals surface area contributed by atoms with Crippen molar-refractivity contribution in [3.05, 3.63) is 35.9 Å². The van der Waals surface area contributed by atoms with Gasteiger partial charge in [-0.3, -0.25) is 0 Å². The summed E-state index contributed by atoms with van der Waals surface area (Å²) in [5.74, 6) is -3.12. The number of alkyl halides is 2. The minimum absolute atomic E-state index is 0.0990. The summed E-state index contributed by atoms with van der Waals surface area (Å²) >= 11 is 0. The van der Waals surface area contributed by atoms with E-state index in [1.54, 1.807) is 6.92 Å². The van der Waals surface area contributed by atoms with Crippen LogP contribution in [0.4, 0.5) is 8.78 Å². The zero-order valence-corrected chi connectivity index (χ0v) is 8.71. The Morgan fingerprint density at radius 2 is 1.93 bits per heavy atom. The molecule has 1 aromatic rings. The molecule has 0 bridgehead atoms. The van der Waals surface area contributed by atoms with E-state index in [9.17, 15) is 8.78 Å². The summed E-state index contributed by atoms with van der Waals surface area (Å²) in [6, 6.07) is 9.23. The van der Waals surface area contributed by atoms with Gasteiger partial charge in [-0.1, -0.05) is 37.3 Å². The maximum absolute atomic E-state index is 13.5. The van der Waals surface area contributed by atoms with E-state index in [1.165, 1.54) is 0 Å². The lowest BCUT2D eigenvalue weighted by molar-refractivity contribution is -0.0841. The fourth-order valence-corrected chi connectivity index (χ4v) is 1.93. The van der Waals surface area contributed by atoms with Crippen LogP contribution in [0, 0.1) is 5.92 Å². The fourth-order valence-electron chi connectivity index (χ4n) is 1.93. The molecule has 15 heavy (non-hydrogen) atoms. The van der Waals surface area contributed by atoms with Crippen LogP contribution in [0.2, 0.25) is 0 Å². The molecule has 2 atom stereocenters. The van der Waals surface area contributed by atoms with Gasteiger partial charge in [0.05, 0.1) is 0 Å². The molecule has 1 heterocycles. The van der Waals surface area contributed by atoms with Gasteiger partial charge < -0.3 is 5.32 Å². The van der Waals surface area contributed by atoms with E-state index >= 15 is 0 Å².